The maximum Gasteiger partial charge on any atom is 0.327 e. The molecule has 0 saturated carbocycles. The number of urea groups is 1. The number of ether oxygens (including phenoxy) is 1. The van der Waals surface area contributed by atoms with Gasteiger partial charge in [0.25, 0.3) is 0 Å². The van der Waals surface area contributed by atoms with Crippen LogP contribution in [0.4, 0.5) is 4.79 Å². The fourth-order valence-corrected chi connectivity index (χ4v) is 1.73. The first-order valence-electron chi connectivity index (χ1n) is 4.93. The molecule has 2 rings (SSSR count). The van der Waals surface area contributed by atoms with Crippen molar-refractivity contribution in [1.82, 2.24) is 10.2 Å². The Morgan fingerprint density at radius 3 is 3.00 bits per heavy atom. The lowest BCUT2D eigenvalue weighted by Gasteiger charge is -2.29. The van der Waals surface area contributed by atoms with Crippen molar-refractivity contribution in [3.05, 3.63) is 0 Å². The molecular weight excluding hydrogens is 216 g/mol. The average molecular weight is 230 g/mol. The molecule has 2 heterocycles. The predicted molar refractivity (Wildman–Crippen MR) is 53.2 cm³/mol. The van der Waals surface area contributed by atoms with Gasteiger partial charge >= 0.3 is 6.03 Å². The standard InChI is InChI=1S/C8H14N4O4/c9-7-10-3-12(8(15)11-7)6-1-4(14)5(2-13)16-6/h4-6,13-14H,1-3H2,(H3,9,10,11,15)/t4-,5+,6?/m0/s1. The van der Waals surface area contributed by atoms with Crippen molar-refractivity contribution in [1.29, 1.82) is 0 Å². The van der Waals surface area contributed by atoms with Crippen LogP contribution < -0.4 is 11.1 Å². The zero-order valence-corrected chi connectivity index (χ0v) is 8.54. The normalized spacial score (nSPS) is 34.9. The zero-order chi connectivity index (χ0) is 11.7. The summed E-state index contributed by atoms with van der Waals surface area (Å²) in [4.78, 5) is 16.7. The van der Waals surface area contributed by atoms with Crippen molar-refractivity contribution in [3.63, 3.8) is 0 Å². The Morgan fingerprint density at radius 1 is 1.69 bits per heavy atom. The summed E-state index contributed by atoms with van der Waals surface area (Å²) < 4.78 is 5.32. The van der Waals surface area contributed by atoms with Crippen molar-refractivity contribution in [2.75, 3.05) is 13.3 Å². The van der Waals surface area contributed by atoms with Gasteiger partial charge in [0.05, 0.1) is 12.7 Å². The summed E-state index contributed by atoms with van der Waals surface area (Å²) in [5, 5.41) is 20.8. The number of carbonyl (C=O) groups is 1. The molecule has 0 aromatic carbocycles. The minimum atomic E-state index is -0.772. The summed E-state index contributed by atoms with van der Waals surface area (Å²) in [5.74, 6) is 0.0681. The van der Waals surface area contributed by atoms with E-state index in [9.17, 15) is 9.90 Å². The van der Waals surface area contributed by atoms with Crippen LogP contribution in [0.15, 0.2) is 4.99 Å². The van der Waals surface area contributed by atoms with Gasteiger partial charge in [0.15, 0.2) is 5.96 Å². The molecule has 0 aliphatic carbocycles. The second-order valence-electron chi connectivity index (χ2n) is 3.70. The van der Waals surface area contributed by atoms with Crippen LogP contribution in [-0.2, 0) is 4.74 Å². The third-order valence-corrected chi connectivity index (χ3v) is 2.62. The largest absolute Gasteiger partial charge is 0.394 e. The van der Waals surface area contributed by atoms with Gasteiger partial charge in [-0.15, -0.1) is 0 Å². The first-order valence-corrected chi connectivity index (χ1v) is 4.93. The minimum Gasteiger partial charge on any atom is -0.394 e. The molecule has 1 unspecified atom stereocenters. The summed E-state index contributed by atoms with van der Waals surface area (Å²) in [5.41, 5.74) is 5.33. The number of hydrogen-bond donors (Lipinski definition) is 4. The number of nitrogens with two attached hydrogens (primary N) is 1. The topological polar surface area (TPSA) is 120 Å². The molecule has 1 saturated heterocycles. The minimum absolute atomic E-state index is 0.0681. The molecule has 8 nitrogen and oxygen atoms in total. The first-order chi connectivity index (χ1) is 7.61. The third kappa shape index (κ3) is 1.94. The number of nitrogens with one attached hydrogen (secondary N) is 1. The summed E-state index contributed by atoms with van der Waals surface area (Å²) in [6.07, 6.45) is -1.75. The third-order valence-electron chi connectivity index (χ3n) is 2.62. The number of aliphatic hydroxyl groups is 2. The number of aliphatic imine (C=N–C) groups is 1. The fraction of sp³-hybridized carbons (Fsp3) is 0.750. The molecule has 2 aliphatic heterocycles. The molecule has 0 bridgehead atoms. The maximum absolute atomic E-state index is 11.5. The van der Waals surface area contributed by atoms with Crippen molar-refractivity contribution in [2.45, 2.75) is 24.9 Å². The van der Waals surface area contributed by atoms with E-state index in [4.69, 9.17) is 15.6 Å². The summed E-state index contributed by atoms with van der Waals surface area (Å²) in [6, 6.07) is -0.414. The molecule has 16 heavy (non-hydrogen) atoms. The lowest BCUT2D eigenvalue weighted by molar-refractivity contribution is -0.0637. The monoisotopic (exact) mass is 230 g/mol. The van der Waals surface area contributed by atoms with Gasteiger partial charge in [0.1, 0.15) is 19.0 Å². The molecule has 2 amide bonds. The second kappa shape index (κ2) is 4.24. The van der Waals surface area contributed by atoms with Gasteiger partial charge in [0.2, 0.25) is 0 Å². The maximum atomic E-state index is 11.5. The van der Waals surface area contributed by atoms with Crippen LogP contribution in [0.1, 0.15) is 6.42 Å². The van der Waals surface area contributed by atoms with Crippen LogP contribution in [0.3, 0.4) is 0 Å². The van der Waals surface area contributed by atoms with E-state index in [2.05, 4.69) is 10.3 Å². The van der Waals surface area contributed by atoms with E-state index >= 15 is 0 Å². The number of amides is 2. The van der Waals surface area contributed by atoms with Crippen molar-refractivity contribution in [2.24, 2.45) is 10.7 Å². The van der Waals surface area contributed by atoms with E-state index in [1.165, 1.54) is 4.90 Å². The number of hydrogen-bond acceptors (Lipinski definition) is 6. The molecule has 5 N–H and O–H groups in total. The van der Waals surface area contributed by atoms with Gasteiger partial charge < -0.3 is 20.7 Å². The van der Waals surface area contributed by atoms with E-state index in [-0.39, 0.29) is 25.7 Å². The highest BCUT2D eigenvalue weighted by atomic mass is 16.5. The molecule has 0 spiro atoms. The Balaban J connectivity index is 2.02. The van der Waals surface area contributed by atoms with E-state index in [0.717, 1.165) is 0 Å². The first kappa shape index (κ1) is 11.1. The summed E-state index contributed by atoms with van der Waals surface area (Å²) in [6.45, 7) is -0.189. The van der Waals surface area contributed by atoms with Crippen LogP contribution in [0, 0.1) is 0 Å². The van der Waals surface area contributed by atoms with Gasteiger partial charge in [0, 0.05) is 6.42 Å². The Hall–Kier alpha value is -1.38. The van der Waals surface area contributed by atoms with E-state index < -0.39 is 24.5 Å². The second-order valence-corrected chi connectivity index (χ2v) is 3.70. The van der Waals surface area contributed by atoms with Crippen molar-refractivity contribution < 1.29 is 19.7 Å². The highest BCUT2D eigenvalue weighted by Gasteiger charge is 2.39. The lowest BCUT2D eigenvalue weighted by atomic mass is 10.2. The van der Waals surface area contributed by atoms with Gasteiger partial charge in [-0.25, -0.2) is 9.79 Å². The molecule has 0 radical (unpaired) electrons. The van der Waals surface area contributed by atoms with Gasteiger partial charge in [-0.3, -0.25) is 10.2 Å². The Kier molecular flexibility index (Phi) is 2.95. The van der Waals surface area contributed by atoms with Crippen LogP contribution in [0.5, 0.6) is 0 Å². The van der Waals surface area contributed by atoms with E-state index in [0.29, 0.717) is 0 Å². The molecule has 1 fully saturated rings. The molecule has 8 heteroatoms. The number of carbonyl (C=O) groups excluding carboxylic acids is 1. The number of aliphatic hydroxyl groups excluding tert-OH is 2. The summed E-state index contributed by atoms with van der Waals surface area (Å²) in [7, 11) is 0. The lowest BCUT2D eigenvalue weighted by Crippen LogP contribution is -2.54. The number of rotatable bonds is 2. The molecule has 90 valence electrons. The molecule has 2 aliphatic rings. The Bertz CT molecular complexity index is 321. The van der Waals surface area contributed by atoms with Crippen LogP contribution in [0.2, 0.25) is 0 Å². The molecule has 3 atom stereocenters. The van der Waals surface area contributed by atoms with Gasteiger partial charge in [-0.1, -0.05) is 0 Å². The smallest absolute Gasteiger partial charge is 0.327 e. The van der Waals surface area contributed by atoms with Gasteiger partial charge in [-0.2, -0.15) is 0 Å². The molecule has 0 aromatic rings. The molecular formula is C8H14N4O4. The summed E-state index contributed by atoms with van der Waals surface area (Å²) >= 11 is 0. The van der Waals surface area contributed by atoms with E-state index in [1.54, 1.807) is 0 Å². The Labute approximate surface area is 91.7 Å². The van der Waals surface area contributed by atoms with Crippen LogP contribution >= 0.6 is 0 Å². The molecule has 0 aromatic heterocycles. The van der Waals surface area contributed by atoms with Crippen molar-refractivity contribution in [3.8, 4) is 0 Å². The van der Waals surface area contributed by atoms with E-state index in [1.807, 2.05) is 0 Å². The highest BCUT2D eigenvalue weighted by molar-refractivity contribution is 5.96. The number of guanidine groups is 1. The van der Waals surface area contributed by atoms with Gasteiger partial charge in [-0.05, 0) is 0 Å². The van der Waals surface area contributed by atoms with Crippen LogP contribution in [0.25, 0.3) is 0 Å². The Morgan fingerprint density at radius 2 is 2.44 bits per heavy atom. The predicted octanol–water partition coefficient (Wildman–Crippen LogP) is -2.25. The quantitative estimate of drug-likeness (QED) is 0.427. The fourth-order valence-electron chi connectivity index (χ4n) is 1.73. The zero-order valence-electron chi connectivity index (χ0n) is 8.54. The highest BCUT2D eigenvalue weighted by Crippen LogP contribution is 2.23. The average Bonchev–Trinajstić information content (AvgIpc) is 2.59. The number of nitrogens with zero attached hydrogens (tertiary/aromatic N) is 2. The van der Waals surface area contributed by atoms with Crippen LogP contribution in [-0.4, -0.2) is 58.8 Å². The van der Waals surface area contributed by atoms with Crippen molar-refractivity contribution >= 4 is 12.0 Å². The SMILES string of the molecule is NC1=NCN(C2C[C@H](O)[C@@H](CO)O2)C(=O)N1.